The molecule has 1 N–H and O–H groups in total. The molecule has 108 valence electrons. The van der Waals surface area contributed by atoms with Gasteiger partial charge in [-0.3, -0.25) is 4.79 Å². The molecule has 3 nitrogen and oxygen atoms in total. The summed E-state index contributed by atoms with van der Waals surface area (Å²) in [5.41, 5.74) is 0. The van der Waals surface area contributed by atoms with E-state index in [1.807, 2.05) is 0 Å². The Bertz CT molecular complexity index is 306. The van der Waals surface area contributed by atoms with Crippen molar-refractivity contribution in [2.45, 2.75) is 51.4 Å². The van der Waals surface area contributed by atoms with Crippen molar-refractivity contribution in [1.82, 2.24) is 10.2 Å². The first-order valence-electron chi connectivity index (χ1n) is 8.34. The Kier molecular flexibility index (Phi) is 4.42. The van der Waals surface area contributed by atoms with E-state index in [9.17, 15) is 4.79 Å². The molecule has 0 aromatic carbocycles. The Hall–Kier alpha value is -0.570. The van der Waals surface area contributed by atoms with E-state index in [0.717, 1.165) is 37.8 Å². The minimum Gasteiger partial charge on any atom is -0.342 e. The van der Waals surface area contributed by atoms with Crippen LogP contribution in [0.4, 0.5) is 0 Å². The number of carbonyl (C=O) groups excluding carboxylic acids is 1. The first kappa shape index (κ1) is 13.4. The maximum absolute atomic E-state index is 12.5. The van der Waals surface area contributed by atoms with Crippen LogP contribution in [0.1, 0.15) is 51.4 Å². The minimum absolute atomic E-state index is 0.362. The predicted octanol–water partition coefficient (Wildman–Crippen LogP) is 2.41. The molecule has 0 spiro atoms. The Morgan fingerprint density at radius 3 is 2.37 bits per heavy atom. The highest BCUT2D eigenvalue weighted by Gasteiger charge is 2.34. The summed E-state index contributed by atoms with van der Waals surface area (Å²) in [4.78, 5) is 14.7. The Labute approximate surface area is 117 Å². The Morgan fingerprint density at radius 1 is 0.895 bits per heavy atom. The van der Waals surface area contributed by atoms with E-state index >= 15 is 0 Å². The monoisotopic (exact) mass is 264 g/mol. The average molecular weight is 264 g/mol. The van der Waals surface area contributed by atoms with Crippen LogP contribution in [-0.2, 0) is 4.79 Å². The van der Waals surface area contributed by atoms with Gasteiger partial charge in [0.2, 0.25) is 5.91 Å². The molecule has 1 unspecified atom stereocenters. The van der Waals surface area contributed by atoms with E-state index in [1.54, 1.807) is 0 Å². The first-order chi connectivity index (χ1) is 9.34. The van der Waals surface area contributed by atoms with Crippen molar-refractivity contribution in [3.8, 4) is 0 Å². The van der Waals surface area contributed by atoms with Gasteiger partial charge in [0.1, 0.15) is 0 Å². The molecule has 1 aliphatic carbocycles. The van der Waals surface area contributed by atoms with Gasteiger partial charge in [-0.15, -0.1) is 0 Å². The second-order valence-electron chi connectivity index (χ2n) is 6.76. The third-order valence-electron chi connectivity index (χ3n) is 5.54. The predicted molar refractivity (Wildman–Crippen MR) is 76.9 cm³/mol. The molecule has 2 saturated heterocycles. The third kappa shape index (κ3) is 3.13. The van der Waals surface area contributed by atoms with Crippen molar-refractivity contribution in [2.24, 2.45) is 17.8 Å². The van der Waals surface area contributed by atoms with E-state index in [2.05, 4.69) is 10.2 Å². The van der Waals surface area contributed by atoms with Gasteiger partial charge in [0.05, 0.1) is 0 Å². The summed E-state index contributed by atoms with van der Waals surface area (Å²) in [5, 5.41) is 3.44. The lowest BCUT2D eigenvalue weighted by molar-refractivity contribution is -0.135. The SMILES string of the molecule is O=C(C1CCCCC1)N1CCC(C2CCNCC2)C1. The van der Waals surface area contributed by atoms with Crippen LogP contribution in [0.15, 0.2) is 0 Å². The Morgan fingerprint density at radius 2 is 1.63 bits per heavy atom. The fourth-order valence-corrected chi connectivity index (χ4v) is 4.30. The molecule has 0 aromatic rings. The van der Waals surface area contributed by atoms with Crippen LogP contribution in [0.25, 0.3) is 0 Å². The van der Waals surface area contributed by atoms with Crippen LogP contribution in [0.3, 0.4) is 0 Å². The molecule has 2 heterocycles. The fraction of sp³-hybridized carbons (Fsp3) is 0.938. The van der Waals surface area contributed by atoms with Gasteiger partial charge >= 0.3 is 0 Å². The second kappa shape index (κ2) is 6.25. The molecule has 19 heavy (non-hydrogen) atoms. The lowest BCUT2D eigenvalue weighted by Gasteiger charge is -2.29. The molecule has 0 bridgehead atoms. The summed E-state index contributed by atoms with van der Waals surface area (Å²) in [7, 11) is 0. The van der Waals surface area contributed by atoms with E-state index in [0.29, 0.717) is 11.8 Å². The van der Waals surface area contributed by atoms with Gasteiger partial charge in [-0.25, -0.2) is 0 Å². The standard InChI is InChI=1S/C16H28N2O/c19-16(14-4-2-1-3-5-14)18-11-8-15(12-18)13-6-9-17-10-7-13/h13-15,17H,1-12H2. The number of nitrogens with one attached hydrogen (secondary N) is 1. The molecule has 1 saturated carbocycles. The normalized spacial score (nSPS) is 30.7. The van der Waals surface area contributed by atoms with Crippen molar-refractivity contribution < 1.29 is 4.79 Å². The van der Waals surface area contributed by atoms with Crippen molar-refractivity contribution >= 4 is 5.91 Å². The van der Waals surface area contributed by atoms with Gasteiger partial charge in [-0.2, -0.15) is 0 Å². The smallest absolute Gasteiger partial charge is 0.225 e. The maximum Gasteiger partial charge on any atom is 0.225 e. The van der Waals surface area contributed by atoms with Gasteiger partial charge in [-0.1, -0.05) is 19.3 Å². The van der Waals surface area contributed by atoms with Crippen LogP contribution in [0.5, 0.6) is 0 Å². The van der Waals surface area contributed by atoms with Crippen LogP contribution in [0.2, 0.25) is 0 Å². The summed E-state index contributed by atoms with van der Waals surface area (Å²) >= 11 is 0. The third-order valence-corrected chi connectivity index (χ3v) is 5.54. The largest absolute Gasteiger partial charge is 0.342 e. The van der Waals surface area contributed by atoms with Crippen LogP contribution >= 0.6 is 0 Å². The van der Waals surface area contributed by atoms with E-state index in [1.165, 1.54) is 51.6 Å². The van der Waals surface area contributed by atoms with Crippen molar-refractivity contribution in [2.75, 3.05) is 26.2 Å². The zero-order valence-electron chi connectivity index (χ0n) is 12.1. The van der Waals surface area contributed by atoms with Crippen LogP contribution < -0.4 is 5.32 Å². The lowest BCUT2D eigenvalue weighted by Crippen LogP contribution is -2.37. The van der Waals surface area contributed by atoms with Gasteiger partial charge in [0.25, 0.3) is 0 Å². The molecule has 1 amide bonds. The molecule has 2 aliphatic heterocycles. The zero-order valence-corrected chi connectivity index (χ0v) is 12.1. The molecular weight excluding hydrogens is 236 g/mol. The molecule has 3 fully saturated rings. The first-order valence-corrected chi connectivity index (χ1v) is 8.34. The summed E-state index contributed by atoms with van der Waals surface area (Å²) < 4.78 is 0. The van der Waals surface area contributed by atoms with E-state index in [-0.39, 0.29) is 0 Å². The molecule has 3 aliphatic rings. The topological polar surface area (TPSA) is 32.3 Å². The molecule has 3 heteroatoms. The van der Waals surface area contributed by atoms with Crippen molar-refractivity contribution in [3.63, 3.8) is 0 Å². The highest BCUT2D eigenvalue weighted by atomic mass is 16.2. The van der Waals surface area contributed by atoms with Gasteiger partial charge in [0.15, 0.2) is 0 Å². The minimum atomic E-state index is 0.362. The van der Waals surface area contributed by atoms with Crippen LogP contribution in [-0.4, -0.2) is 37.0 Å². The number of hydrogen-bond donors (Lipinski definition) is 1. The second-order valence-corrected chi connectivity index (χ2v) is 6.76. The highest BCUT2D eigenvalue weighted by Crippen LogP contribution is 2.32. The summed E-state index contributed by atoms with van der Waals surface area (Å²) in [5.74, 6) is 2.50. The van der Waals surface area contributed by atoms with E-state index < -0.39 is 0 Å². The summed E-state index contributed by atoms with van der Waals surface area (Å²) in [6.07, 6.45) is 10.0. The zero-order chi connectivity index (χ0) is 13.1. The quantitative estimate of drug-likeness (QED) is 0.830. The number of hydrogen-bond acceptors (Lipinski definition) is 2. The molecule has 0 aromatic heterocycles. The van der Waals surface area contributed by atoms with Gasteiger partial charge in [-0.05, 0) is 57.0 Å². The van der Waals surface area contributed by atoms with E-state index in [4.69, 9.17) is 0 Å². The number of carbonyl (C=O) groups is 1. The number of amides is 1. The maximum atomic E-state index is 12.5. The number of likely N-dealkylation sites (tertiary alicyclic amines) is 1. The molecule has 1 atom stereocenters. The summed E-state index contributed by atoms with van der Waals surface area (Å²) in [6.45, 7) is 4.44. The van der Waals surface area contributed by atoms with Gasteiger partial charge in [0, 0.05) is 19.0 Å². The lowest BCUT2D eigenvalue weighted by atomic mass is 9.84. The average Bonchev–Trinajstić information content (AvgIpc) is 2.98. The molecular formula is C16H28N2O. The molecule has 0 radical (unpaired) electrons. The van der Waals surface area contributed by atoms with Gasteiger partial charge < -0.3 is 10.2 Å². The number of nitrogens with zero attached hydrogens (tertiary/aromatic N) is 1. The highest BCUT2D eigenvalue weighted by molar-refractivity contribution is 5.79. The number of piperidine rings is 1. The van der Waals surface area contributed by atoms with Crippen molar-refractivity contribution in [1.29, 1.82) is 0 Å². The molecule has 3 rings (SSSR count). The van der Waals surface area contributed by atoms with Crippen molar-refractivity contribution in [3.05, 3.63) is 0 Å². The Balaban J connectivity index is 1.51. The number of rotatable bonds is 2. The fourth-order valence-electron chi connectivity index (χ4n) is 4.30. The summed E-state index contributed by atoms with van der Waals surface area (Å²) in [6, 6.07) is 0. The van der Waals surface area contributed by atoms with Crippen LogP contribution in [0, 0.1) is 17.8 Å².